The number of likely N-dealkylation sites (tertiary alicyclic amines) is 1. The molecular formula is C14H17ClN2O4S. The number of halogens is 1. The molecule has 1 aliphatic heterocycles. The molecule has 2 rings (SSSR count). The minimum absolute atomic E-state index is 0.0629. The summed E-state index contributed by atoms with van der Waals surface area (Å²) in [7, 11) is -3.50. The topological polar surface area (TPSA) is 97.5 Å². The van der Waals surface area contributed by atoms with Gasteiger partial charge in [-0.2, -0.15) is 0 Å². The molecule has 1 fully saturated rings. The number of piperidine rings is 1. The highest BCUT2D eigenvalue weighted by molar-refractivity contribution is 7.90. The van der Waals surface area contributed by atoms with Crippen LogP contribution in [0.1, 0.15) is 23.2 Å². The van der Waals surface area contributed by atoms with Crippen LogP contribution in [0.3, 0.4) is 0 Å². The molecule has 2 amide bonds. The average molecular weight is 345 g/mol. The highest BCUT2D eigenvalue weighted by Gasteiger charge is 2.27. The Kier molecular flexibility index (Phi) is 4.77. The maximum atomic E-state index is 12.4. The molecule has 0 unspecified atom stereocenters. The van der Waals surface area contributed by atoms with Gasteiger partial charge in [-0.15, -0.1) is 0 Å². The minimum atomic E-state index is -3.50. The van der Waals surface area contributed by atoms with Gasteiger partial charge in [-0.1, -0.05) is 11.6 Å². The summed E-state index contributed by atoms with van der Waals surface area (Å²) in [6.07, 6.45) is 2.09. The van der Waals surface area contributed by atoms with Crippen LogP contribution in [0.4, 0.5) is 0 Å². The maximum Gasteiger partial charge on any atom is 0.253 e. The van der Waals surface area contributed by atoms with Crippen molar-refractivity contribution in [3.63, 3.8) is 0 Å². The van der Waals surface area contributed by atoms with Gasteiger partial charge in [0, 0.05) is 30.8 Å². The molecule has 0 atom stereocenters. The molecule has 0 aliphatic carbocycles. The smallest absolute Gasteiger partial charge is 0.253 e. The summed E-state index contributed by atoms with van der Waals surface area (Å²) < 4.78 is 23.3. The SMILES string of the molecule is CS(=O)(=O)c1cc(C(=O)N2CCC(C(N)=O)CC2)ccc1Cl. The molecule has 1 heterocycles. The van der Waals surface area contributed by atoms with E-state index in [1.165, 1.54) is 18.2 Å². The van der Waals surface area contributed by atoms with E-state index in [1.54, 1.807) is 4.90 Å². The second kappa shape index (κ2) is 6.26. The summed E-state index contributed by atoms with van der Waals surface area (Å²) in [4.78, 5) is 25.1. The number of amides is 2. The largest absolute Gasteiger partial charge is 0.369 e. The third-order valence-corrected chi connectivity index (χ3v) is 5.34. The molecule has 1 saturated heterocycles. The zero-order valence-electron chi connectivity index (χ0n) is 12.1. The predicted octanol–water partition coefficient (Wildman–Crippen LogP) is 1.08. The van der Waals surface area contributed by atoms with Gasteiger partial charge < -0.3 is 10.6 Å². The van der Waals surface area contributed by atoms with Crippen LogP contribution in [-0.2, 0) is 14.6 Å². The lowest BCUT2D eigenvalue weighted by Crippen LogP contribution is -2.41. The molecule has 120 valence electrons. The first-order valence-corrected chi connectivity index (χ1v) is 9.05. The number of nitrogens with zero attached hydrogens (tertiary/aromatic N) is 1. The Morgan fingerprint density at radius 1 is 1.27 bits per heavy atom. The summed E-state index contributed by atoms with van der Waals surface area (Å²) in [6.45, 7) is 0.840. The second-order valence-corrected chi connectivity index (χ2v) is 7.78. The number of benzene rings is 1. The van der Waals surface area contributed by atoms with Crippen molar-refractivity contribution in [1.82, 2.24) is 4.90 Å². The minimum Gasteiger partial charge on any atom is -0.369 e. The molecule has 1 aromatic rings. The normalized spacial score (nSPS) is 16.5. The van der Waals surface area contributed by atoms with E-state index in [2.05, 4.69) is 0 Å². The Morgan fingerprint density at radius 3 is 2.36 bits per heavy atom. The molecule has 0 aromatic heterocycles. The van der Waals surface area contributed by atoms with Crippen molar-refractivity contribution in [2.24, 2.45) is 11.7 Å². The molecule has 0 radical (unpaired) electrons. The standard InChI is InChI=1S/C14H17ClN2O4S/c1-22(20,21)12-8-10(2-3-11(12)15)14(19)17-6-4-9(5-7-17)13(16)18/h2-3,8-9H,4-7H2,1H3,(H2,16,18). The van der Waals surface area contributed by atoms with E-state index in [1.807, 2.05) is 0 Å². The summed E-state index contributed by atoms with van der Waals surface area (Å²) in [6, 6.07) is 4.20. The van der Waals surface area contributed by atoms with Gasteiger partial charge in [0.1, 0.15) is 0 Å². The highest BCUT2D eigenvalue weighted by atomic mass is 35.5. The fourth-order valence-electron chi connectivity index (χ4n) is 2.47. The molecule has 0 saturated carbocycles. The third-order valence-electron chi connectivity index (χ3n) is 3.76. The Labute approximate surface area is 134 Å². The van der Waals surface area contributed by atoms with Crippen LogP contribution in [0.5, 0.6) is 0 Å². The Hall–Kier alpha value is -1.60. The summed E-state index contributed by atoms with van der Waals surface area (Å²) in [5.74, 6) is -0.830. The first-order valence-electron chi connectivity index (χ1n) is 6.78. The van der Waals surface area contributed by atoms with Gasteiger partial charge in [-0.05, 0) is 31.0 Å². The number of sulfone groups is 1. The number of carbonyl (C=O) groups is 2. The van der Waals surface area contributed by atoms with Gasteiger partial charge in [0.15, 0.2) is 9.84 Å². The van der Waals surface area contributed by atoms with Gasteiger partial charge in [-0.25, -0.2) is 8.42 Å². The summed E-state index contributed by atoms with van der Waals surface area (Å²) in [5.41, 5.74) is 5.53. The lowest BCUT2D eigenvalue weighted by molar-refractivity contribution is -0.123. The van der Waals surface area contributed by atoms with E-state index in [0.29, 0.717) is 25.9 Å². The number of carbonyl (C=O) groups excluding carboxylic acids is 2. The van der Waals surface area contributed by atoms with E-state index in [-0.39, 0.29) is 33.2 Å². The zero-order chi connectivity index (χ0) is 16.5. The quantitative estimate of drug-likeness (QED) is 0.887. The van der Waals surface area contributed by atoms with Crippen LogP contribution < -0.4 is 5.73 Å². The van der Waals surface area contributed by atoms with Crippen molar-refractivity contribution in [3.05, 3.63) is 28.8 Å². The third kappa shape index (κ3) is 3.59. The van der Waals surface area contributed by atoms with Crippen molar-refractivity contribution >= 4 is 33.3 Å². The van der Waals surface area contributed by atoms with Crippen molar-refractivity contribution < 1.29 is 18.0 Å². The first-order chi connectivity index (χ1) is 10.2. The number of hydrogen-bond acceptors (Lipinski definition) is 4. The van der Waals surface area contributed by atoms with Crippen molar-refractivity contribution in [1.29, 1.82) is 0 Å². The molecule has 0 bridgehead atoms. The predicted molar refractivity (Wildman–Crippen MR) is 82.4 cm³/mol. The first kappa shape index (κ1) is 16.8. The monoisotopic (exact) mass is 344 g/mol. The van der Waals surface area contributed by atoms with Gasteiger partial charge in [0.2, 0.25) is 5.91 Å². The lowest BCUT2D eigenvalue weighted by atomic mass is 9.96. The Morgan fingerprint density at radius 2 is 1.86 bits per heavy atom. The molecular weight excluding hydrogens is 328 g/mol. The van der Waals surface area contributed by atoms with Crippen molar-refractivity contribution in [2.75, 3.05) is 19.3 Å². The molecule has 1 aromatic carbocycles. The van der Waals surface area contributed by atoms with Crippen LogP contribution in [-0.4, -0.2) is 44.5 Å². The summed E-state index contributed by atoms with van der Waals surface area (Å²) >= 11 is 5.87. The maximum absolute atomic E-state index is 12.4. The zero-order valence-corrected chi connectivity index (χ0v) is 13.7. The second-order valence-electron chi connectivity index (χ2n) is 5.39. The van der Waals surface area contributed by atoms with E-state index in [9.17, 15) is 18.0 Å². The van der Waals surface area contributed by atoms with E-state index >= 15 is 0 Å². The van der Waals surface area contributed by atoms with E-state index in [0.717, 1.165) is 6.26 Å². The van der Waals surface area contributed by atoms with Crippen LogP contribution in [0, 0.1) is 5.92 Å². The van der Waals surface area contributed by atoms with Crippen LogP contribution >= 0.6 is 11.6 Å². The fraction of sp³-hybridized carbons (Fsp3) is 0.429. The molecule has 8 heteroatoms. The Balaban J connectivity index is 2.19. The Bertz CT molecular complexity index is 710. The number of nitrogens with two attached hydrogens (primary N) is 1. The molecule has 2 N–H and O–H groups in total. The van der Waals surface area contributed by atoms with Crippen molar-refractivity contribution in [3.8, 4) is 0 Å². The van der Waals surface area contributed by atoms with Crippen LogP contribution in [0.2, 0.25) is 5.02 Å². The number of rotatable bonds is 3. The van der Waals surface area contributed by atoms with Gasteiger partial charge in [0.25, 0.3) is 5.91 Å². The summed E-state index contributed by atoms with van der Waals surface area (Å²) in [5, 5.41) is 0.0893. The average Bonchev–Trinajstić information content (AvgIpc) is 2.46. The van der Waals surface area contributed by atoms with Gasteiger partial charge in [0.05, 0.1) is 9.92 Å². The molecule has 22 heavy (non-hydrogen) atoms. The molecule has 6 nitrogen and oxygen atoms in total. The fourth-order valence-corrected chi connectivity index (χ4v) is 3.77. The van der Waals surface area contributed by atoms with Crippen molar-refractivity contribution in [2.45, 2.75) is 17.7 Å². The van der Waals surface area contributed by atoms with E-state index < -0.39 is 9.84 Å². The molecule has 1 aliphatic rings. The lowest BCUT2D eigenvalue weighted by Gasteiger charge is -2.30. The van der Waals surface area contributed by atoms with Gasteiger partial charge in [-0.3, -0.25) is 9.59 Å². The van der Waals surface area contributed by atoms with Gasteiger partial charge >= 0.3 is 0 Å². The van der Waals surface area contributed by atoms with Crippen LogP contribution in [0.25, 0.3) is 0 Å². The number of hydrogen-bond donors (Lipinski definition) is 1. The van der Waals surface area contributed by atoms with Crippen LogP contribution in [0.15, 0.2) is 23.1 Å². The number of primary amides is 1. The van der Waals surface area contributed by atoms with E-state index in [4.69, 9.17) is 17.3 Å². The highest BCUT2D eigenvalue weighted by Crippen LogP contribution is 2.24. The molecule has 0 spiro atoms.